The molecule has 0 aromatic heterocycles. The molecule has 3 atom stereocenters. The molecule has 24 heavy (non-hydrogen) atoms. The predicted octanol–water partition coefficient (Wildman–Crippen LogP) is 2.18. The van der Waals surface area contributed by atoms with Gasteiger partial charge in [0, 0.05) is 25.6 Å². The third-order valence-electron chi connectivity index (χ3n) is 4.65. The van der Waals surface area contributed by atoms with Crippen LogP contribution in [0.2, 0.25) is 0 Å². The lowest BCUT2D eigenvalue weighted by molar-refractivity contribution is -0.139. The number of rotatable bonds is 6. The van der Waals surface area contributed by atoms with Crippen LogP contribution in [0.4, 0.5) is 0 Å². The van der Waals surface area contributed by atoms with Crippen LogP contribution in [0.1, 0.15) is 38.7 Å². The molecule has 0 unspecified atom stereocenters. The molecule has 1 aromatic rings. The molecule has 1 aliphatic rings. The second-order valence-electron chi connectivity index (χ2n) is 6.91. The number of amides is 2. The van der Waals surface area contributed by atoms with Crippen molar-refractivity contribution >= 4 is 11.8 Å². The molecule has 0 aliphatic carbocycles. The first kappa shape index (κ1) is 18.5. The Balaban J connectivity index is 2.08. The van der Waals surface area contributed by atoms with E-state index in [-0.39, 0.29) is 30.4 Å². The Labute approximate surface area is 144 Å². The minimum absolute atomic E-state index is 0.000356. The van der Waals surface area contributed by atoms with E-state index in [1.807, 2.05) is 36.9 Å². The van der Waals surface area contributed by atoms with E-state index in [0.29, 0.717) is 12.5 Å². The standard InChI is InChI=1S/C19H28N2O3/c1-13(2)18(20-17(22)12-24-4)19(23)21-11-16(10-14(21)3)15-8-6-5-7-9-15/h5-9,13-14,16,18H,10-12H2,1-4H3,(H,20,22)/t14-,16+,18+/m1/s1. The molecule has 2 amide bonds. The number of carbonyl (C=O) groups excluding carboxylic acids is 2. The second-order valence-corrected chi connectivity index (χ2v) is 6.91. The zero-order valence-electron chi connectivity index (χ0n) is 15.0. The highest BCUT2D eigenvalue weighted by atomic mass is 16.5. The van der Waals surface area contributed by atoms with E-state index < -0.39 is 6.04 Å². The molecule has 5 nitrogen and oxygen atoms in total. The van der Waals surface area contributed by atoms with E-state index in [2.05, 4.69) is 24.4 Å². The number of hydrogen-bond acceptors (Lipinski definition) is 3. The van der Waals surface area contributed by atoms with Gasteiger partial charge in [0.15, 0.2) is 0 Å². The van der Waals surface area contributed by atoms with Crippen molar-refractivity contribution in [2.75, 3.05) is 20.3 Å². The monoisotopic (exact) mass is 332 g/mol. The molecule has 5 heteroatoms. The minimum atomic E-state index is -0.510. The van der Waals surface area contributed by atoms with Gasteiger partial charge in [-0.05, 0) is 24.8 Å². The van der Waals surface area contributed by atoms with E-state index in [1.165, 1.54) is 12.7 Å². The Morgan fingerprint density at radius 1 is 1.29 bits per heavy atom. The molecule has 2 rings (SSSR count). The van der Waals surface area contributed by atoms with Crippen molar-refractivity contribution in [3.63, 3.8) is 0 Å². The zero-order valence-corrected chi connectivity index (χ0v) is 15.0. The van der Waals surface area contributed by atoms with E-state index in [0.717, 1.165) is 6.42 Å². The molecule has 0 radical (unpaired) electrons. The van der Waals surface area contributed by atoms with Crippen LogP contribution in [-0.2, 0) is 14.3 Å². The van der Waals surface area contributed by atoms with Crippen molar-refractivity contribution in [2.45, 2.75) is 45.2 Å². The van der Waals surface area contributed by atoms with Gasteiger partial charge in [-0.3, -0.25) is 9.59 Å². The van der Waals surface area contributed by atoms with Crippen molar-refractivity contribution in [2.24, 2.45) is 5.92 Å². The summed E-state index contributed by atoms with van der Waals surface area (Å²) in [5.74, 6) is 0.130. The Morgan fingerprint density at radius 2 is 1.96 bits per heavy atom. The maximum atomic E-state index is 13.0. The molecule has 1 aromatic carbocycles. The van der Waals surface area contributed by atoms with E-state index in [4.69, 9.17) is 4.74 Å². The van der Waals surface area contributed by atoms with Crippen molar-refractivity contribution < 1.29 is 14.3 Å². The topological polar surface area (TPSA) is 58.6 Å². The van der Waals surface area contributed by atoms with Crippen LogP contribution in [-0.4, -0.2) is 49.1 Å². The minimum Gasteiger partial charge on any atom is -0.375 e. The number of carbonyl (C=O) groups is 2. The molecule has 0 spiro atoms. The van der Waals surface area contributed by atoms with Crippen LogP contribution in [0.25, 0.3) is 0 Å². The Bertz CT molecular complexity index is 559. The normalized spacial score (nSPS) is 21.8. The van der Waals surface area contributed by atoms with Gasteiger partial charge in [-0.15, -0.1) is 0 Å². The first-order valence-electron chi connectivity index (χ1n) is 8.57. The number of methoxy groups -OCH3 is 1. The van der Waals surface area contributed by atoms with Crippen LogP contribution >= 0.6 is 0 Å². The molecule has 1 fully saturated rings. The number of nitrogens with one attached hydrogen (secondary N) is 1. The summed E-state index contributed by atoms with van der Waals surface area (Å²) in [5, 5.41) is 2.81. The fourth-order valence-electron chi connectivity index (χ4n) is 3.34. The SMILES string of the molecule is COCC(=O)N[C@H](C(=O)N1C[C@@H](c2ccccc2)C[C@H]1C)C(C)C. The lowest BCUT2D eigenvalue weighted by Crippen LogP contribution is -2.52. The number of ether oxygens (including phenoxy) is 1. The van der Waals surface area contributed by atoms with E-state index in [1.54, 1.807) is 0 Å². The van der Waals surface area contributed by atoms with Crippen molar-refractivity contribution in [3.05, 3.63) is 35.9 Å². The van der Waals surface area contributed by atoms with Crippen LogP contribution in [0.5, 0.6) is 0 Å². The van der Waals surface area contributed by atoms with Gasteiger partial charge >= 0.3 is 0 Å². The van der Waals surface area contributed by atoms with Gasteiger partial charge < -0.3 is 15.0 Å². The Morgan fingerprint density at radius 3 is 2.54 bits per heavy atom. The molecule has 1 heterocycles. The number of benzene rings is 1. The largest absolute Gasteiger partial charge is 0.375 e. The van der Waals surface area contributed by atoms with Gasteiger partial charge in [-0.1, -0.05) is 44.2 Å². The summed E-state index contributed by atoms with van der Waals surface area (Å²) in [7, 11) is 1.47. The van der Waals surface area contributed by atoms with Gasteiger partial charge in [0.2, 0.25) is 11.8 Å². The molecular formula is C19H28N2O3. The summed E-state index contributed by atoms with van der Waals surface area (Å²) in [4.78, 5) is 26.7. The van der Waals surface area contributed by atoms with Gasteiger partial charge in [0.05, 0.1) is 0 Å². The second kappa shape index (κ2) is 8.29. The highest BCUT2D eigenvalue weighted by molar-refractivity contribution is 5.88. The molecule has 1 N–H and O–H groups in total. The number of likely N-dealkylation sites (tertiary alicyclic amines) is 1. The molecule has 0 saturated carbocycles. The zero-order chi connectivity index (χ0) is 17.7. The average molecular weight is 332 g/mol. The van der Waals surface area contributed by atoms with E-state index in [9.17, 15) is 9.59 Å². The summed E-state index contributed by atoms with van der Waals surface area (Å²) in [6, 6.07) is 9.97. The lowest BCUT2D eigenvalue weighted by Gasteiger charge is -2.29. The summed E-state index contributed by atoms with van der Waals surface area (Å²) < 4.78 is 4.85. The highest BCUT2D eigenvalue weighted by Gasteiger charge is 2.37. The first-order valence-corrected chi connectivity index (χ1v) is 8.57. The number of hydrogen-bond donors (Lipinski definition) is 1. The maximum absolute atomic E-state index is 13.0. The summed E-state index contributed by atoms with van der Waals surface area (Å²) in [5.41, 5.74) is 1.27. The average Bonchev–Trinajstić information content (AvgIpc) is 2.95. The Hall–Kier alpha value is -1.88. The van der Waals surface area contributed by atoms with Crippen LogP contribution in [0.3, 0.4) is 0 Å². The summed E-state index contributed by atoms with van der Waals surface area (Å²) in [6.45, 7) is 6.65. The lowest BCUT2D eigenvalue weighted by atomic mass is 9.97. The highest BCUT2D eigenvalue weighted by Crippen LogP contribution is 2.32. The van der Waals surface area contributed by atoms with Crippen LogP contribution in [0.15, 0.2) is 30.3 Å². The maximum Gasteiger partial charge on any atom is 0.246 e. The van der Waals surface area contributed by atoms with E-state index >= 15 is 0 Å². The van der Waals surface area contributed by atoms with Crippen molar-refractivity contribution in [3.8, 4) is 0 Å². The van der Waals surface area contributed by atoms with Gasteiger partial charge in [-0.2, -0.15) is 0 Å². The van der Waals surface area contributed by atoms with Gasteiger partial charge in [-0.25, -0.2) is 0 Å². The summed E-state index contributed by atoms with van der Waals surface area (Å²) >= 11 is 0. The third kappa shape index (κ3) is 4.35. The fourth-order valence-corrected chi connectivity index (χ4v) is 3.34. The molecule has 0 bridgehead atoms. The quantitative estimate of drug-likeness (QED) is 0.869. The van der Waals surface area contributed by atoms with Crippen molar-refractivity contribution in [1.29, 1.82) is 0 Å². The third-order valence-corrected chi connectivity index (χ3v) is 4.65. The number of nitrogens with zero attached hydrogens (tertiary/aromatic N) is 1. The molecule has 1 saturated heterocycles. The Kier molecular flexibility index (Phi) is 6.37. The van der Waals surface area contributed by atoms with Crippen LogP contribution < -0.4 is 5.32 Å². The first-order chi connectivity index (χ1) is 11.4. The molecule has 1 aliphatic heterocycles. The fraction of sp³-hybridized carbons (Fsp3) is 0.579. The van der Waals surface area contributed by atoms with Crippen molar-refractivity contribution in [1.82, 2.24) is 10.2 Å². The smallest absolute Gasteiger partial charge is 0.246 e. The molecule has 132 valence electrons. The van der Waals surface area contributed by atoms with Crippen LogP contribution in [0, 0.1) is 5.92 Å². The summed E-state index contributed by atoms with van der Waals surface area (Å²) in [6.07, 6.45) is 0.951. The predicted molar refractivity (Wildman–Crippen MR) is 93.6 cm³/mol. The van der Waals surface area contributed by atoms with Gasteiger partial charge in [0.1, 0.15) is 12.6 Å². The van der Waals surface area contributed by atoms with Gasteiger partial charge in [0.25, 0.3) is 0 Å². The molecular weight excluding hydrogens is 304 g/mol.